The molecule has 3 aliphatic carbocycles. The third-order valence-electron chi connectivity index (χ3n) is 8.68. The van der Waals surface area contributed by atoms with E-state index < -0.39 is 12.2 Å². The van der Waals surface area contributed by atoms with Gasteiger partial charge in [-0.05, 0) is 91.6 Å². The molecule has 0 aromatic heterocycles. The molecular formula is C27H44O3. The van der Waals surface area contributed by atoms with Crippen LogP contribution in [0.5, 0.6) is 0 Å². The number of hydrogen-bond donors (Lipinski definition) is 3. The molecule has 7 atom stereocenters. The van der Waals surface area contributed by atoms with E-state index in [0.717, 1.165) is 36.3 Å². The van der Waals surface area contributed by atoms with Gasteiger partial charge in [-0.15, -0.1) is 0 Å². The first-order valence-corrected chi connectivity index (χ1v) is 12.3. The van der Waals surface area contributed by atoms with Crippen LogP contribution in [0.25, 0.3) is 0 Å². The molecule has 3 fully saturated rings. The molecule has 30 heavy (non-hydrogen) atoms. The predicted molar refractivity (Wildman–Crippen MR) is 124 cm³/mol. The van der Waals surface area contributed by atoms with E-state index >= 15 is 0 Å². The van der Waals surface area contributed by atoms with Crippen LogP contribution >= 0.6 is 0 Å². The van der Waals surface area contributed by atoms with E-state index in [0.29, 0.717) is 36.0 Å². The summed E-state index contributed by atoms with van der Waals surface area (Å²) in [6, 6.07) is 0. The van der Waals surface area contributed by atoms with E-state index in [1.165, 1.54) is 25.7 Å². The van der Waals surface area contributed by atoms with Gasteiger partial charge in [-0.2, -0.15) is 0 Å². The van der Waals surface area contributed by atoms with Crippen molar-refractivity contribution in [3.8, 4) is 0 Å². The molecule has 3 saturated carbocycles. The minimum atomic E-state index is -0.618. The molecule has 3 rings (SSSR count). The Morgan fingerprint density at radius 2 is 1.87 bits per heavy atom. The van der Waals surface area contributed by atoms with Crippen LogP contribution in [0.1, 0.15) is 85.5 Å². The summed E-state index contributed by atoms with van der Waals surface area (Å²) in [5.41, 5.74) is 3.69. The van der Waals surface area contributed by atoms with Gasteiger partial charge in [-0.3, -0.25) is 0 Å². The number of rotatable bonds is 6. The summed E-state index contributed by atoms with van der Waals surface area (Å²) in [6.07, 6.45) is 12.4. The second kappa shape index (κ2) is 9.71. The lowest BCUT2D eigenvalue weighted by atomic mass is 9.60. The standard InChI is InChI=1S/C27H44O3/c1-17(2)25(29)13-8-18(3)23-11-12-24-20(7-6-14-27(23,24)5)9-10-21-15-22(28)16-26(30)19(21)4/h9-10,17-18,22-26,28-30H,4,6-8,11-16H2,1-3,5H3/b20-9+,21-10+/t18-,22-,23-,24+,25-,26+,27-/m1/s1. The van der Waals surface area contributed by atoms with Crippen molar-refractivity contribution < 1.29 is 15.3 Å². The maximum absolute atomic E-state index is 10.3. The third-order valence-corrected chi connectivity index (χ3v) is 8.68. The highest BCUT2D eigenvalue weighted by molar-refractivity contribution is 5.38. The van der Waals surface area contributed by atoms with Crippen molar-refractivity contribution in [3.05, 3.63) is 35.5 Å². The van der Waals surface area contributed by atoms with E-state index in [1.807, 2.05) is 0 Å². The van der Waals surface area contributed by atoms with Crippen molar-refractivity contribution in [2.24, 2.45) is 29.1 Å². The minimum Gasteiger partial charge on any atom is -0.393 e. The Bertz CT molecular complexity index is 676. The Balaban J connectivity index is 1.72. The lowest BCUT2D eigenvalue weighted by Gasteiger charge is -2.44. The van der Waals surface area contributed by atoms with Crippen LogP contribution < -0.4 is 0 Å². The first-order valence-electron chi connectivity index (χ1n) is 12.3. The fourth-order valence-corrected chi connectivity index (χ4v) is 6.65. The Hall–Kier alpha value is -0.900. The van der Waals surface area contributed by atoms with Crippen LogP contribution in [0, 0.1) is 29.1 Å². The quantitative estimate of drug-likeness (QED) is 0.531. The molecule has 0 spiro atoms. The van der Waals surface area contributed by atoms with Gasteiger partial charge in [0.1, 0.15) is 0 Å². The third kappa shape index (κ3) is 4.95. The maximum Gasteiger partial charge on any atom is 0.0811 e. The van der Waals surface area contributed by atoms with Gasteiger partial charge in [-0.25, -0.2) is 0 Å². The lowest BCUT2D eigenvalue weighted by molar-refractivity contribution is 0.0717. The monoisotopic (exact) mass is 416 g/mol. The second-order valence-electron chi connectivity index (χ2n) is 11.0. The van der Waals surface area contributed by atoms with E-state index in [2.05, 4.69) is 46.4 Å². The van der Waals surface area contributed by atoms with Crippen LogP contribution in [0.3, 0.4) is 0 Å². The van der Waals surface area contributed by atoms with Gasteiger partial charge in [0.25, 0.3) is 0 Å². The van der Waals surface area contributed by atoms with E-state index in [1.54, 1.807) is 5.57 Å². The van der Waals surface area contributed by atoms with Crippen LogP contribution in [0.4, 0.5) is 0 Å². The summed E-state index contributed by atoms with van der Waals surface area (Å²) in [5.74, 6) is 2.35. The smallest absolute Gasteiger partial charge is 0.0811 e. The summed E-state index contributed by atoms with van der Waals surface area (Å²) >= 11 is 0. The molecule has 0 aromatic carbocycles. The zero-order valence-electron chi connectivity index (χ0n) is 19.6. The Morgan fingerprint density at radius 1 is 1.13 bits per heavy atom. The first kappa shape index (κ1) is 23.8. The average Bonchev–Trinajstić information content (AvgIpc) is 3.04. The first-order chi connectivity index (χ1) is 14.1. The highest BCUT2D eigenvalue weighted by Gasteiger charge is 2.50. The number of hydrogen-bond acceptors (Lipinski definition) is 3. The predicted octanol–water partition coefficient (Wildman–Crippen LogP) is 5.56. The molecule has 3 aliphatic rings. The number of aliphatic hydroxyl groups excluding tert-OH is 3. The van der Waals surface area contributed by atoms with Gasteiger partial charge in [0.2, 0.25) is 0 Å². The van der Waals surface area contributed by atoms with Gasteiger partial charge in [0.15, 0.2) is 0 Å². The molecule has 3 nitrogen and oxygen atoms in total. The molecule has 0 heterocycles. The fourth-order valence-electron chi connectivity index (χ4n) is 6.65. The Morgan fingerprint density at radius 3 is 2.57 bits per heavy atom. The highest BCUT2D eigenvalue weighted by atomic mass is 16.3. The molecule has 0 amide bonds. The van der Waals surface area contributed by atoms with Crippen LogP contribution in [0.15, 0.2) is 35.5 Å². The Kier molecular flexibility index (Phi) is 7.69. The summed E-state index contributed by atoms with van der Waals surface area (Å²) in [7, 11) is 0. The molecule has 3 heteroatoms. The number of fused-ring (bicyclic) bond motifs is 1. The van der Waals surface area contributed by atoms with Gasteiger partial charge < -0.3 is 15.3 Å². The molecule has 0 unspecified atom stereocenters. The van der Waals surface area contributed by atoms with Gasteiger partial charge in [-0.1, -0.05) is 52.0 Å². The second-order valence-corrected chi connectivity index (χ2v) is 11.0. The normalized spacial score (nSPS) is 39.5. The van der Waals surface area contributed by atoms with Crippen molar-refractivity contribution in [3.63, 3.8) is 0 Å². The summed E-state index contributed by atoms with van der Waals surface area (Å²) in [6.45, 7) is 13.2. The molecule has 0 saturated heterocycles. The zero-order chi connectivity index (χ0) is 22.1. The summed E-state index contributed by atoms with van der Waals surface area (Å²) in [5, 5.41) is 30.4. The van der Waals surface area contributed by atoms with Gasteiger partial charge in [0.05, 0.1) is 18.3 Å². The van der Waals surface area contributed by atoms with Crippen LogP contribution in [0.2, 0.25) is 0 Å². The molecule has 0 radical (unpaired) electrons. The lowest BCUT2D eigenvalue weighted by Crippen LogP contribution is -2.36. The largest absolute Gasteiger partial charge is 0.393 e. The maximum atomic E-state index is 10.3. The van der Waals surface area contributed by atoms with Crippen LogP contribution in [-0.4, -0.2) is 33.6 Å². The van der Waals surface area contributed by atoms with Crippen LogP contribution in [-0.2, 0) is 0 Å². The minimum absolute atomic E-state index is 0.180. The van der Waals surface area contributed by atoms with E-state index in [9.17, 15) is 15.3 Å². The zero-order valence-corrected chi connectivity index (χ0v) is 19.6. The van der Waals surface area contributed by atoms with Crippen molar-refractivity contribution in [2.45, 2.75) is 104 Å². The van der Waals surface area contributed by atoms with Gasteiger partial charge in [0, 0.05) is 6.42 Å². The highest BCUT2D eigenvalue weighted by Crippen LogP contribution is 2.60. The molecule has 0 aliphatic heterocycles. The average molecular weight is 417 g/mol. The van der Waals surface area contributed by atoms with Crippen molar-refractivity contribution in [1.29, 1.82) is 0 Å². The Labute approximate surface area is 184 Å². The SMILES string of the molecule is C=C1/C(=C/C=C2\CCC[C@]3(C)[C@@H]([C@H](C)CC[C@@H](O)C(C)C)CC[C@@H]23)C[C@@H](O)C[C@@H]1O. The van der Waals surface area contributed by atoms with Crippen molar-refractivity contribution in [1.82, 2.24) is 0 Å². The molecule has 0 bridgehead atoms. The molecule has 170 valence electrons. The summed E-state index contributed by atoms with van der Waals surface area (Å²) in [4.78, 5) is 0. The summed E-state index contributed by atoms with van der Waals surface area (Å²) < 4.78 is 0. The number of allylic oxidation sites excluding steroid dienone is 3. The molecule has 3 N–H and O–H groups in total. The molecule has 0 aromatic rings. The van der Waals surface area contributed by atoms with E-state index in [-0.39, 0.29) is 6.10 Å². The van der Waals surface area contributed by atoms with Crippen molar-refractivity contribution in [2.75, 3.05) is 0 Å². The van der Waals surface area contributed by atoms with Crippen molar-refractivity contribution >= 4 is 0 Å². The van der Waals surface area contributed by atoms with E-state index in [4.69, 9.17) is 0 Å². The molecular weight excluding hydrogens is 372 g/mol. The topological polar surface area (TPSA) is 60.7 Å². The van der Waals surface area contributed by atoms with Gasteiger partial charge >= 0.3 is 0 Å². The fraction of sp³-hybridized carbons (Fsp3) is 0.778. The number of aliphatic hydroxyl groups is 3.